The van der Waals surface area contributed by atoms with Crippen LogP contribution in [0.4, 0.5) is 0 Å². The van der Waals surface area contributed by atoms with Crippen LogP contribution in [-0.2, 0) is 6.42 Å². The number of piperidine rings is 1. The van der Waals surface area contributed by atoms with E-state index in [-0.39, 0.29) is 0 Å². The molecule has 1 saturated heterocycles. The third-order valence-corrected chi connectivity index (χ3v) is 5.08. The normalized spacial score (nSPS) is 20.5. The first-order valence-corrected chi connectivity index (χ1v) is 8.23. The fourth-order valence-corrected chi connectivity index (χ4v) is 3.26. The largest absolute Gasteiger partial charge is 0.492 e. The van der Waals surface area contributed by atoms with Crippen LogP contribution < -0.4 is 10.1 Å². The van der Waals surface area contributed by atoms with Crippen molar-refractivity contribution < 1.29 is 4.74 Å². The Labute approximate surface area is 124 Å². The third kappa shape index (κ3) is 3.73. The van der Waals surface area contributed by atoms with Crippen LogP contribution in [0, 0.1) is 11.8 Å². The summed E-state index contributed by atoms with van der Waals surface area (Å²) in [5, 5.41) is 3.43. The maximum atomic E-state index is 5.93. The lowest BCUT2D eigenvalue weighted by Crippen LogP contribution is -2.28. The topological polar surface area (TPSA) is 21.3 Å². The number of ether oxygens (including phenoxy) is 1. The van der Waals surface area contributed by atoms with E-state index in [1.807, 2.05) is 0 Å². The highest BCUT2D eigenvalue weighted by Gasteiger charge is 2.22. The summed E-state index contributed by atoms with van der Waals surface area (Å²) >= 11 is 3.74. The minimum Gasteiger partial charge on any atom is -0.492 e. The summed E-state index contributed by atoms with van der Waals surface area (Å²) in [6.45, 7) is 3.22. The zero-order valence-corrected chi connectivity index (χ0v) is 12.9. The Kier molecular flexibility index (Phi) is 4.44. The van der Waals surface area contributed by atoms with Crippen molar-refractivity contribution in [3.8, 4) is 5.75 Å². The van der Waals surface area contributed by atoms with Crippen molar-refractivity contribution in [3.63, 3.8) is 0 Å². The van der Waals surface area contributed by atoms with E-state index in [0.29, 0.717) is 0 Å². The van der Waals surface area contributed by atoms with Gasteiger partial charge in [-0.25, -0.2) is 0 Å². The summed E-state index contributed by atoms with van der Waals surface area (Å²) < 4.78 is 7.11. The van der Waals surface area contributed by atoms with Gasteiger partial charge in [0.15, 0.2) is 0 Å². The molecule has 3 rings (SSSR count). The highest BCUT2D eigenvalue weighted by molar-refractivity contribution is 9.10. The van der Waals surface area contributed by atoms with Crippen molar-refractivity contribution in [1.82, 2.24) is 5.32 Å². The smallest absolute Gasteiger partial charge is 0.133 e. The molecular weight excluding hydrogens is 302 g/mol. The van der Waals surface area contributed by atoms with Gasteiger partial charge >= 0.3 is 0 Å². The Morgan fingerprint density at radius 2 is 1.89 bits per heavy atom. The lowest BCUT2D eigenvalue weighted by molar-refractivity contribution is 0.297. The van der Waals surface area contributed by atoms with E-state index in [0.717, 1.165) is 24.2 Å². The molecule has 2 aliphatic rings. The van der Waals surface area contributed by atoms with Gasteiger partial charge in [-0.1, -0.05) is 12.1 Å². The number of nitrogens with one attached hydrogen (secondary N) is 1. The SMILES string of the molecule is Brc1c(CC2CCNCC2)cccc1OCC1CC1. The first-order chi connectivity index (χ1) is 9.33. The molecule has 0 radical (unpaired) electrons. The lowest BCUT2D eigenvalue weighted by Gasteiger charge is -2.23. The summed E-state index contributed by atoms with van der Waals surface area (Å²) in [7, 11) is 0. The lowest BCUT2D eigenvalue weighted by atomic mass is 9.91. The zero-order valence-electron chi connectivity index (χ0n) is 11.3. The molecule has 1 N–H and O–H groups in total. The van der Waals surface area contributed by atoms with Gasteiger partial charge in [0.1, 0.15) is 5.75 Å². The van der Waals surface area contributed by atoms with Crippen molar-refractivity contribution in [2.24, 2.45) is 11.8 Å². The predicted octanol–water partition coefficient (Wildman–Crippen LogP) is 3.78. The molecule has 0 amide bonds. The Morgan fingerprint density at radius 3 is 2.63 bits per heavy atom. The van der Waals surface area contributed by atoms with Gasteiger partial charge in [0.25, 0.3) is 0 Å². The van der Waals surface area contributed by atoms with Gasteiger partial charge < -0.3 is 10.1 Å². The standard InChI is InChI=1S/C16H22BrNO/c17-16-14(10-12-6-8-18-9-7-12)2-1-3-15(16)19-11-13-4-5-13/h1-3,12-13,18H,4-11H2. The molecule has 104 valence electrons. The molecule has 19 heavy (non-hydrogen) atoms. The van der Waals surface area contributed by atoms with Crippen LogP contribution in [0.1, 0.15) is 31.2 Å². The first kappa shape index (κ1) is 13.4. The van der Waals surface area contributed by atoms with E-state index >= 15 is 0 Å². The molecule has 1 saturated carbocycles. The van der Waals surface area contributed by atoms with E-state index in [1.165, 1.54) is 55.2 Å². The quantitative estimate of drug-likeness (QED) is 0.890. The van der Waals surface area contributed by atoms with Gasteiger partial charge in [0.2, 0.25) is 0 Å². The number of benzene rings is 1. The molecule has 1 aromatic carbocycles. The first-order valence-electron chi connectivity index (χ1n) is 7.44. The Balaban J connectivity index is 1.64. The predicted molar refractivity (Wildman–Crippen MR) is 81.7 cm³/mol. The van der Waals surface area contributed by atoms with Crippen molar-refractivity contribution in [1.29, 1.82) is 0 Å². The molecule has 1 aromatic rings. The van der Waals surface area contributed by atoms with Gasteiger partial charge in [-0.2, -0.15) is 0 Å². The highest BCUT2D eigenvalue weighted by atomic mass is 79.9. The average molecular weight is 324 g/mol. The fourth-order valence-electron chi connectivity index (χ4n) is 2.71. The van der Waals surface area contributed by atoms with Gasteiger partial charge in [0.05, 0.1) is 11.1 Å². The minimum absolute atomic E-state index is 0.806. The summed E-state index contributed by atoms with van der Waals surface area (Å²) in [4.78, 5) is 0. The van der Waals surface area contributed by atoms with Crippen LogP contribution >= 0.6 is 15.9 Å². The number of hydrogen-bond donors (Lipinski definition) is 1. The summed E-state index contributed by atoms with van der Waals surface area (Å²) in [6.07, 6.45) is 6.43. The number of rotatable bonds is 5. The minimum atomic E-state index is 0.806. The summed E-state index contributed by atoms with van der Waals surface area (Å²) in [5.41, 5.74) is 1.40. The van der Waals surface area contributed by atoms with Crippen molar-refractivity contribution in [2.45, 2.75) is 32.1 Å². The van der Waals surface area contributed by atoms with Gasteiger partial charge in [-0.3, -0.25) is 0 Å². The van der Waals surface area contributed by atoms with Crippen LogP contribution in [0.15, 0.2) is 22.7 Å². The molecule has 0 aromatic heterocycles. The summed E-state index contributed by atoms with van der Waals surface area (Å²) in [5.74, 6) is 2.65. The highest BCUT2D eigenvalue weighted by Crippen LogP contribution is 2.34. The van der Waals surface area contributed by atoms with E-state index < -0.39 is 0 Å². The van der Waals surface area contributed by atoms with E-state index in [4.69, 9.17) is 4.74 Å². The zero-order chi connectivity index (χ0) is 13.1. The second kappa shape index (κ2) is 6.27. The third-order valence-electron chi connectivity index (χ3n) is 4.18. The van der Waals surface area contributed by atoms with Crippen LogP contribution in [0.25, 0.3) is 0 Å². The second-order valence-electron chi connectivity index (χ2n) is 5.88. The fraction of sp³-hybridized carbons (Fsp3) is 0.625. The molecule has 2 fully saturated rings. The Bertz CT molecular complexity index is 425. The molecule has 1 aliphatic carbocycles. The van der Waals surface area contributed by atoms with Gasteiger partial charge in [-0.05, 0) is 84.6 Å². The molecule has 1 heterocycles. The molecule has 0 atom stereocenters. The molecule has 1 aliphatic heterocycles. The summed E-state index contributed by atoms with van der Waals surface area (Å²) in [6, 6.07) is 6.44. The Hall–Kier alpha value is -0.540. The van der Waals surface area contributed by atoms with Crippen LogP contribution in [0.3, 0.4) is 0 Å². The van der Waals surface area contributed by atoms with E-state index in [2.05, 4.69) is 39.4 Å². The van der Waals surface area contributed by atoms with E-state index in [1.54, 1.807) is 0 Å². The molecule has 0 spiro atoms. The van der Waals surface area contributed by atoms with E-state index in [9.17, 15) is 0 Å². The van der Waals surface area contributed by atoms with Crippen LogP contribution in [-0.4, -0.2) is 19.7 Å². The molecule has 2 nitrogen and oxygen atoms in total. The van der Waals surface area contributed by atoms with Gasteiger partial charge in [0, 0.05) is 0 Å². The maximum Gasteiger partial charge on any atom is 0.133 e. The van der Waals surface area contributed by atoms with Gasteiger partial charge in [-0.15, -0.1) is 0 Å². The number of hydrogen-bond acceptors (Lipinski definition) is 2. The molecule has 0 bridgehead atoms. The van der Waals surface area contributed by atoms with Crippen molar-refractivity contribution >= 4 is 15.9 Å². The Morgan fingerprint density at radius 1 is 1.11 bits per heavy atom. The number of halogens is 1. The van der Waals surface area contributed by atoms with Crippen molar-refractivity contribution in [2.75, 3.05) is 19.7 Å². The maximum absolute atomic E-state index is 5.93. The van der Waals surface area contributed by atoms with Crippen LogP contribution in [0.2, 0.25) is 0 Å². The monoisotopic (exact) mass is 323 g/mol. The van der Waals surface area contributed by atoms with Crippen LogP contribution in [0.5, 0.6) is 5.75 Å². The molecular formula is C16H22BrNO. The second-order valence-corrected chi connectivity index (χ2v) is 6.67. The van der Waals surface area contributed by atoms with Crippen molar-refractivity contribution in [3.05, 3.63) is 28.2 Å². The average Bonchev–Trinajstić information content (AvgIpc) is 3.25. The molecule has 3 heteroatoms. The molecule has 0 unspecified atom stereocenters.